The summed E-state index contributed by atoms with van der Waals surface area (Å²) in [5.74, 6) is 0. The van der Waals surface area contributed by atoms with Crippen molar-refractivity contribution in [3.8, 4) is 0 Å². The molecule has 0 rings (SSSR count). The molecule has 0 radical (unpaired) electrons. The van der Waals surface area contributed by atoms with Crippen LogP contribution in [0.5, 0.6) is 0 Å². The van der Waals surface area contributed by atoms with Gasteiger partial charge in [0.15, 0.2) is 0 Å². The van der Waals surface area contributed by atoms with Crippen molar-refractivity contribution in [1.82, 2.24) is 0 Å². The maximum Gasteiger partial charge on any atom is 0.111 e. The van der Waals surface area contributed by atoms with Gasteiger partial charge >= 0.3 is 0 Å². The minimum absolute atomic E-state index is 0.726. The normalized spacial score (nSPS) is 21.5. The third-order valence-corrected chi connectivity index (χ3v) is 1.51. The molecule has 74 valence electrons. The average molecular weight is 182 g/mol. The Morgan fingerprint density at radius 1 is 0.667 bits per heavy atom. The Morgan fingerprint density at radius 2 is 0.917 bits per heavy atom. The summed E-state index contributed by atoms with van der Waals surface area (Å²) in [5.41, 5.74) is 0. The standard InChI is InChI=1S/C6H14O6/c7-1-3(9)5(11)6(12)4(10)2-8/h3-12H,1-2H2/t3-,4?,5-,6+/m0/s1. The van der Waals surface area contributed by atoms with Crippen molar-refractivity contribution in [1.29, 1.82) is 0 Å². The summed E-state index contributed by atoms with van der Waals surface area (Å²) >= 11 is 0. The number of aliphatic hydroxyl groups excluding tert-OH is 6. The van der Waals surface area contributed by atoms with Crippen LogP contribution in [-0.4, -0.2) is 68.3 Å². The van der Waals surface area contributed by atoms with Gasteiger partial charge in [0.1, 0.15) is 24.4 Å². The van der Waals surface area contributed by atoms with Gasteiger partial charge in [-0.2, -0.15) is 0 Å². The van der Waals surface area contributed by atoms with Crippen LogP contribution in [-0.2, 0) is 0 Å². The molecule has 1 unspecified atom stereocenters. The van der Waals surface area contributed by atoms with Crippen molar-refractivity contribution in [3.63, 3.8) is 0 Å². The fourth-order valence-electron chi connectivity index (χ4n) is 0.671. The van der Waals surface area contributed by atoms with Crippen LogP contribution in [0.2, 0.25) is 0 Å². The van der Waals surface area contributed by atoms with Gasteiger partial charge in [0.25, 0.3) is 0 Å². The molecule has 6 nitrogen and oxygen atoms in total. The van der Waals surface area contributed by atoms with E-state index < -0.39 is 37.6 Å². The first-order valence-electron chi connectivity index (χ1n) is 3.48. The minimum Gasteiger partial charge on any atom is -0.394 e. The summed E-state index contributed by atoms with van der Waals surface area (Å²) in [4.78, 5) is 0. The van der Waals surface area contributed by atoms with Crippen LogP contribution in [0.4, 0.5) is 0 Å². The second-order valence-corrected chi connectivity index (χ2v) is 2.48. The molecule has 0 aliphatic heterocycles. The lowest BCUT2D eigenvalue weighted by molar-refractivity contribution is -0.123. The Balaban J connectivity index is 3.99. The van der Waals surface area contributed by atoms with Crippen LogP contribution in [0.15, 0.2) is 0 Å². The lowest BCUT2D eigenvalue weighted by Gasteiger charge is -2.24. The molecule has 4 atom stereocenters. The van der Waals surface area contributed by atoms with Gasteiger partial charge < -0.3 is 30.6 Å². The summed E-state index contributed by atoms with van der Waals surface area (Å²) in [7, 11) is 0. The Bertz CT molecular complexity index is 105. The van der Waals surface area contributed by atoms with Crippen LogP contribution < -0.4 is 0 Å². The average Bonchev–Trinajstić information content (AvgIpc) is 2.12. The summed E-state index contributed by atoms with van der Waals surface area (Å²) < 4.78 is 0. The van der Waals surface area contributed by atoms with Gasteiger partial charge in [0.05, 0.1) is 13.2 Å². The largest absolute Gasteiger partial charge is 0.394 e. The predicted molar refractivity (Wildman–Crippen MR) is 38.2 cm³/mol. The molecule has 0 heterocycles. The number of hydrogen-bond donors (Lipinski definition) is 6. The summed E-state index contributed by atoms with van der Waals surface area (Å²) in [6.45, 7) is -1.45. The summed E-state index contributed by atoms with van der Waals surface area (Å²) in [5, 5.41) is 52.2. The van der Waals surface area contributed by atoms with Crippen LogP contribution in [0, 0.1) is 0 Å². The van der Waals surface area contributed by atoms with E-state index in [1.54, 1.807) is 0 Å². The molecule has 0 aliphatic rings. The fraction of sp³-hybridized carbons (Fsp3) is 1.00. The van der Waals surface area contributed by atoms with E-state index in [9.17, 15) is 0 Å². The Hall–Kier alpha value is -0.240. The van der Waals surface area contributed by atoms with Crippen molar-refractivity contribution in [3.05, 3.63) is 0 Å². The van der Waals surface area contributed by atoms with Gasteiger partial charge in [0, 0.05) is 0 Å². The molecule has 0 spiro atoms. The van der Waals surface area contributed by atoms with Crippen molar-refractivity contribution in [2.24, 2.45) is 0 Å². The summed E-state index contributed by atoms with van der Waals surface area (Å²) in [6, 6.07) is 0. The van der Waals surface area contributed by atoms with E-state index in [4.69, 9.17) is 30.6 Å². The quantitative estimate of drug-likeness (QED) is 0.261. The molecule has 0 aliphatic carbocycles. The molecule has 0 saturated heterocycles. The molecule has 0 amide bonds. The molecular formula is C6H14O6. The summed E-state index contributed by atoms with van der Waals surface area (Å²) in [6.07, 6.45) is -6.39. The highest BCUT2D eigenvalue weighted by atomic mass is 16.4. The molecule has 0 fully saturated rings. The van der Waals surface area contributed by atoms with Gasteiger partial charge in [-0.05, 0) is 0 Å². The highest BCUT2D eigenvalue weighted by molar-refractivity contribution is 4.79. The van der Waals surface area contributed by atoms with E-state index in [0.29, 0.717) is 0 Å². The SMILES string of the molecule is OCC(O)[C@@H](O)[C@@H](O)[C@@H](O)CO. The monoisotopic (exact) mass is 182 g/mol. The fourth-order valence-corrected chi connectivity index (χ4v) is 0.671. The Morgan fingerprint density at radius 3 is 1.08 bits per heavy atom. The number of rotatable bonds is 5. The zero-order chi connectivity index (χ0) is 9.72. The first kappa shape index (κ1) is 11.8. The number of aliphatic hydroxyl groups is 6. The lowest BCUT2D eigenvalue weighted by atomic mass is 10.0. The number of hydrogen-bond acceptors (Lipinski definition) is 6. The molecule has 6 N–H and O–H groups in total. The van der Waals surface area contributed by atoms with Gasteiger partial charge in [-0.15, -0.1) is 0 Å². The van der Waals surface area contributed by atoms with Crippen molar-refractivity contribution < 1.29 is 30.6 Å². The van der Waals surface area contributed by atoms with E-state index in [-0.39, 0.29) is 0 Å². The molecular weight excluding hydrogens is 168 g/mol. The maximum atomic E-state index is 8.96. The molecule has 0 saturated carbocycles. The minimum atomic E-state index is -1.67. The molecule has 6 heteroatoms. The van der Waals surface area contributed by atoms with E-state index >= 15 is 0 Å². The van der Waals surface area contributed by atoms with Crippen molar-refractivity contribution in [2.45, 2.75) is 24.4 Å². The van der Waals surface area contributed by atoms with Gasteiger partial charge in [0.2, 0.25) is 0 Å². The molecule has 0 bridgehead atoms. The highest BCUT2D eigenvalue weighted by Gasteiger charge is 2.29. The van der Waals surface area contributed by atoms with E-state index in [1.165, 1.54) is 0 Å². The third kappa shape index (κ3) is 3.02. The van der Waals surface area contributed by atoms with Crippen LogP contribution in [0.25, 0.3) is 0 Å². The van der Waals surface area contributed by atoms with E-state index in [0.717, 1.165) is 0 Å². The zero-order valence-corrected chi connectivity index (χ0v) is 6.41. The first-order valence-corrected chi connectivity index (χ1v) is 3.48. The topological polar surface area (TPSA) is 121 Å². The Kier molecular flexibility index (Phi) is 5.31. The van der Waals surface area contributed by atoms with Crippen molar-refractivity contribution >= 4 is 0 Å². The van der Waals surface area contributed by atoms with Crippen LogP contribution in [0.1, 0.15) is 0 Å². The van der Waals surface area contributed by atoms with Crippen molar-refractivity contribution in [2.75, 3.05) is 13.2 Å². The lowest BCUT2D eigenvalue weighted by Crippen LogP contribution is -2.46. The second-order valence-electron chi connectivity index (χ2n) is 2.48. The smallest absolute Gasteiger partial charge is 0.111 e. The molecule has 12 heavy (non-hydrogen) atoms. The molecule has 0 aromatic carbocycles. The Labute approximate surface area is 69.3 Å². The molecule has 0 aromatic rings. The second kappa shape index (κ2) is 5.41. The van der Waals surface area contributed by atoms with Gasteiger partial charge in [-0.3, -0.25) is 0 Å². The highest BCUT2D eigenvalue weighted by Crippen LogP contribution is 2.03. The van der Waals surface area contributed by atoms with Gasteiger partial charge in [-0.1, -0.05) is 0 Å². The van der Waals surface area contributed by atoms with Crippen LogP contribution >= 0.6 is 0 Å². The zero-order valence-electron chi connectivity index (χ0n) is 6.41. The van der Waals surface area contributed by atoms with E-state index in [1.807, 2.05) is 0 Å². The predicted octanol–water partition coefficient (Wildman–Crippen LogP) is -3.59. The first-order chi connectivity index (χ1) is 5.54. The molecule has 0 aromatic heterocycles. The maximum absolute atomic E-state index is 8.96. The van der Waals surface area contributed by atoms with Gasteiger partial charge in [-0.25, -0.2) is 0 Å². The van der Waals surface area contributed by atoms with E-state index in [2.05, 4.69) is 0 Å². The third-order valence-electron chi connectivity index (χ3n) is 1.51. The van der Waals surface area contributed by atoms with Crippen LogP contribution in [0.3, 0.4) is 0 Å².